The summed E-state index contributed by atoms with van der Waals surface area (Å²) in [7, 11) is 0. The molecule has 6 heteroatoms. The third-order valence-corrected chi connectivity index (χ3v) is 16.1. The average molecular weight is 1060 g/mol. The molecule has 0 saturated heterocycles. The zero-order valence-electron chi connectivity index (χ0n) is 51.4. The summed E-state index contributed by atoms with van der Waals surface area (Å²) in [6.07, 6.45) is 75.8. The van der Waals surface area contributed by atoms with Gasteiger partial charge < -0.3 is 14.2 Å². The van der Waals surface area contributed by atoms with Crippen LogP contribution in [0.2, 0.25) is 0 Å². The van der Waals surface area contributed by atoms with Crippen LogP contribution in [-0.2, 0) is 28.6 Å². The summed E-state index contributed by atoms with van der Waals surface area (Å²) >= 11 is 0. The van der Waals surface area contributed by atoms with Gasteiger partial charge in [-0.15, -0.1) is 0 Å². The van der Waals surface area contributed by atoms with Gasteiger partial charge in [0.15, 0.2) is 6.10 Å². The molecule has 0 N–H and O–H groups in total. The van der Waals surface area contributed by atoms with Crippen molar-refractivity contribution < 1.29 is 28.6 Å². The molecular weight excluding hydrogens is 925 g/mol. The van der Waals surface area contributed by atoms with E-state index in [-0.39, 0.29) is 31.1 Å². The van der Waals surface area contributed by atoms with Crippen molar-refractivity contribution in [2.24, 2.45) is 0 Å². The molecule has 0 amide bonds. The van der Waals surface area contributed by atoms with Crippen LogP contribution >= 0.6 is 0 Å². The van der Waals surface area contributed by atoms with Gasteiger partial charge in [-0.25, -0.2) is 0 Å². The van der Waals surface area contributed by atoms with Crippen molar-refractivity contribution in [3.8, 4) is 0 Å². The minimum atomic E-state index is -0.762. The lowest BCUT2D eigenvalue weighted by Crippen LogP contribution is -2.30. The van der Waals surface area contributed by atoms with Crippen LogP contribution in [0.3, 0.4) is 0 Å². The Balaban J connectivity index is 4.07. The molecule has 0 rings (SSSR count). The normalized spacial score (nSPS) is 11.9. The quantitative estimate of drug-likeness (QED) is 0.0343. The van der Waals surface area contributed by atoms with Gasteiger partial charge in [0.25, 0.3) is 0 Å². The largest absolute Gasteiger partial charge is 0.462 e. The van der Waals surface area contributed by atoms with E-state index in [1.54, 1.807) is 0 Å². The van der Waals surface area contributed by atoms with E-state index in [1.807, 2.05) is 0 Å². The molecule has 1 unspecified atom stereocenters. The molecule has 0 bridgehead atoms. The molecule has 446 valence electrons. The molecule has 0 aromatic carbocycles. The van der Waals surface area contributed by atoms with Gasteiger partial charge >= 0.3 is 17.9 Å². The van der Waals surface area contributed by atoms with Gasteiger partial charge in [0.05, 0.1) is 0 Å². The Morgan fingerprint density at radius 1 is 0.213 bits per heavy atom. The number of esters is 3. The summed E-state index contributed by atoms with van der Waals surface area (Å²) < 4.78 is 16.9. The number of unbranched alkanes of at least 4 members (excludes halogenated alkanes) is 54. The van der Waals surface area contributed by atoms with Crippen LogP contribution in [0.1, 0.15) is 406 Å². The van der Waals surface area contributed by atoms with E-state index in [9.17, 15) is 14.4 Å². The maximum absolute atomic E-state index is 12.9. The first-order valence-electron chi connectivity index (χ1n) is 34.5. The first-order valence-corrected chi connectivity index (χ1v) is 34.5. The predicted octanol–water partition coefficient (Wildman–Crippen LogP) is 23.5. The summed E-state index contributed by atoms with van der Waals surface area (Å²) in [5, 5.41) is 0. The summed E-state index contributed by atoms with van der Waals surface area (Å²) in [6.45, 7) is 6.71. The number of carbonyl (C=O) groups is 3. The predicted molar refractivity (Wildman–Crippen MR) is 326 cm³/mol. The minimum absolute atomic E-state index is 0.0608. The number of rotatable bonds is 65. The smallest absolute Gasteiger partial charge is 0.306 e. The number of hydrogen-bond donors (Lipinski definition) is 0. The van der Waals surface area contributed by atoms with Crippen LogP contribution < -0.4 is 0 Å². The molecule has 75 heavy (non-hydrogen) atoms. The highest BCUT2D eigenvalue weighted by Gasteiger charge is 2.19. The lowest BCUT2D eigenvalue weighted by Gasteiger charge is -2.18. The fraction of sp³-hybridized carbons (Fsp3) is 0.957. The van der Waals surface area contributed by atoms with E-state index in [2.05, 4.69) is 20.8 Å². The van der Waals surface area contributed by atoms with Gasteiger partial charge in [0.2, 0.25) is 0 Å². The lowest BCUT2D eigenvalue weighted by molar-refractivity contribution is -0.167. The van der Waals surface area contributed by atoms with Gasteiger partial charge in [-0.05, 0) is 19.3 Å². The number of hydrogen-bond acceptors (Lipinski definition) is 6. The second-order valence-electron chi connectivity index (χ2n) is 23.8. The number of carbonyl (C=O) groups excluding carboxylic acids is 3. The Kier molecular flexibility index (Phi) is 63.6. The Morgan fingerprint density at radius 3 is 0.533 bits per heavy atom. The molecule has 0 fully saturated rings. The van der Waals surface area contributed by atoms with Crippen LogP contribution in [0.15, 0.2) is 0 Å². The lowest BCUT2D eigenvalue weighted by atomic mass is 10.0. The second kappa shape index (κ2) is 64.9. The van der Waals surface area contributed by atoms with Crippen molar-refractivity contribution in [2.75, 3.05) is 13.2 Å². The van der Waals surface area contributed by atoms with Gasteiger partial charge in [-0.1, -0.05) is 367 Å². The van der Waals surface area contributed by atoms with Crippen LogP contribution in [0.5, 0.6) is 0 Å². The van der Waals surface area contributed by atoms with E-state index in [0.717, 1.165) is 57.8 Å². The maximum atomic E-state index is 12.9. The Bertz CT molecular complexity index is 1120. The highest BCUT2D eigenvalue weighted by Crippen LogP contribution is 2.19. The third-order valence-electron chi connectivity index (χ3n) is 16.1. The summed E-state index contributed by atoms with van der Waals surface area (Å²) in [5.41, 5.74) is 0. The van der Waals surface area contributed by atoms with Crippen molar-refractivity contribution in [2.45, 2.75) is 412 Å². The van der Waals surface area contributed by atoms with E-state index in [4.69, 9.17) is 14.2 Å². The topological polar surface area (TPSA) is 78.9 Å². The molecule has 0 aliphatic heterocycles. The van der Waals surface area contributed by atoms with E-state index in [1.165, 1.54) is 308 Å². The highest BCUT2D eigenvalue weighted by molar-refractivity contribution is 5.71. The SMILES string of the molecule is CCCCCCCCCCCCCCCCCCCCCCCCCCCCCC(=O)OCC(COC(=O)CCCCCCCCCCC)OC(=O)CCCCCCCCCCCCCCCCCCCCCCC. The minimum Gasteiger partial charge on any atom is -0.462 e. The van der Waals surface area contributed by atoms with Crippen LogP contribution in [-0.4, -0.2) is 37.2 Å². The van der Waals surface area contributed by atoms with Gasteiger partial charge in [-0.2, -0.15) is 0 Å². The first-order chi connectivity index (χ1) is 37.0. The zero-order valence-corrected chi connectivity index (χ0v) is 51.4. The summed E-state index contributed by atoms with van der Waals surface area (Å²) in [6, 6.07) is 0. The molecular formula is C69H134O6. The van der Waals surface area contributed by atoms with Crippen molar-refractivity contribution >= 4 is 17.9 Å². The summed E-state index contributed by atoms with van der Waals surface area (Å²) in [4.78, 5) is 38.2. The number of ether oxygens (including phenoxy) is 3. The van der Waals surface area contributed by atoms with Crippen molar-refractivity contribution in [3.63, 3.8) is 0 Å². The molecule has 0 aliphatic rings. The van der Waals surface area contributed by atoms with Gasteiger partial charge in [-0.3, -0.25) is 14.4 Å². The maximum Gasteiger partial charge on any atom is 0.306 e. The molecule has 6 nitrogen and oxygen atoms in total. The zero-order chi connectivity index (χ0) is 54.3. The first kappa shape index (κ1) is 73.4. The fourth-order valence-electron chi connectivity index (χ4n) is 10.9. The van der Waals surface area contributed by atoms with Crippen molar-refractivity contribution in [1.82, 2.24) is 0 Å². The molecule has 0 saturated carbocycles. The second-order valence-corrected chi connectivity index (χ2v) is 23.8. The third kappa shape index (κ3) is 63.1. The summed E-state index contributed by atoms with van der Waals surface area (Å²) in [5.74, 6) is -0.828. The Labute approximate surface area is 469 Å². The molecule has 0 spiro atoms. The Hall–Kier alpha value is -1.59. The van der Waals surface area contributed by atoms with Crippen molar-refractivity contribution in [3.05, 3.63) is 0 Å². The molecule has 0 radical (unpaired) electrons. The molecule has 0 aromatic heterocycles. The van der Waals surface area contributed by atoms with E-state index < -0.39 is 6.10 Å². The average Bonchev–Trinajstić information content (AvgIpc) is 3.41. The van der Waals surface area contributed by atoms with Crippen LogP contribution in [0, 0.1) is 0 Å². The molecule has 0 aromatic rings. The van der Waals surface area contributed by atoms with Crippen molar-refractivity contribution in [1.29, 1.82) is 0 Å². The Morgan fingerprint density at radius 2 is 0.360 bits per heavy atom. The van der Waals surface area contributed by atoms with Gasteiger partial charge in [0.1, 0.15) is 13.2 Å². The molecule has 0 heterocycles. The highest BCUT2D eigenvalue weighted by atomic mass is 16.6. The monoisotopic (exact) mass is 1060 g/mol. The molecule has 0 aliphatic carbocycles. The van der Waals surface area contributed by atoms with Gasteiger partial charge in [0, 0.05) is 19.3 Å². The fourth-order valence-corrected chi connectivity index (χ4v) is 10.9. The molecule has 1 atom stereocenters. The van der Waals surface area contributed by atoms with Crippen LogP contribution in [0.25, 0.3) is 0 Å². The van der Waals surface area contributed by atoms with E-state index >= 15 is 0 Å². The van der Waals surface area contributed by atoms with Crippen LogP contribution in [0.4, 0.5) is 0 Å². The van der Waals surface area contributed by atoms with E-state index in [0.29, 0.717) is 19.3 Å². The standard InChI is InChI=1S/C69H134O6/c1-4-7-10-13-16-19-21-23-25-27-29-31-32-33-34-35-36-38-39-41-43-45-47-50-53-56-59-62-68(71)74-65-66(64-73-67(70)61-58-55-52-49-18-15-12-9-6-3)75-69(72)63-60-57-54-51-48-46-44-42-40-37-30-28-26-24-22-20-17-14-11-8-5-2/h66H,4-65H2,1-3H3.